The Hall–Kier alpha value is -2.53. The third-order valence-electron chi connectivity index (χ3n) is 3.00. The molecule has 0 saturated carbocycles. The average molecular weight is 266 g/mol. The van der Waals surface area contributed by atoms with Crippen molar-refractivity contribution in [1.29, 1.82) is 0 Å². The number of rotatable bonds is 4. The molecule has 2 N–H and O–H groups in total. The summed E-state index contributed by atoms with van der Waals surface area (Å²) in [7, 11) is 0. The van der Waals surface area contributed by atoms with Crippen molar-refractivity contribution in [3.05, 3.63) is 66.3 Å². The summed E-state index contributed by atoms with van der Waals surface area (Å²) in [5.74, 6) is 0.978. The van der Waals surface area contributed by atoms with Gasteiger partial charge in [0.15, 0.2) is 0 Å². The third-order valence-corrected chi connectivity index (χ3v) is 3.00. The van der Waals surface area contributed by atoms with Crippen LogP contribution >= 0.6 is 0 Å². The van der Waals surface area contributed by atoms with E-state index < -0.39 is 0 Å². The summed E-state index contributed by atoms with van der Waals surface area (Å²) in [6, 6.07) is 13.4. The Labute approximate surface area is 116 Å². The zero-order valence-corrected chi connectivity index (χ0v) is 10.8. The fourth-order valence-electron chi connectivity index (χ4n) is 1.96. The predicted molar refractivity (Wildman–Crippen MR) is 74.6 cm³/mol. The first kappa shape index (κ1) is 12.5. The lowest BCUT2D eigenvalue weighted by atomic mass is 10.1. The second kappa shape index (κ2) is 5.63. The van der Waals surface area contributed by atoms with Crippen LogP contribution in [-0.4, -0.2) is 15.1 Å². The Balaban J connectivity index is 1.77. The maximum Gasteiger partial charge on any atom is 0.244 e. The lowest BCUT2D eigenvalue weighted by molar-refractivity contribution is 0.354. The maximum atomic E-state index is 6.11. The highest BCUT2D eigenvalue weighted by molar-refractivity contribution is 5.52. The van der Waals surface area contributed by atoms with Crippen LogP contribution in [0.15, 0.2) is 59.4 Å². The molecule has 5 nitrogen and oxygen atoms in total. The molecule has 3 rings (SSSR count). The van der Waals surface area contributed by atoms with Gasteiger partial charge in [-0.1, -0.05) is 35.5 Å². The number of benzene rings is 1. The van der Waals surface area contributed by atoms with E-state index in [4.69, 9.17) is 10.3 Å². The normalized spacial score (nSPS) is 12.2. The van der Waals surface area contributed by atoms with Crippen LogP contribution in [0.5, 0.6) is 0 Å². The number of aromatic nitrogens is 3. The Kier molecular flexibility index (Phi) is 3.52. The average Bonchev–Trinajstić information content (AvgIpc) is 2.99. The van der Waals surface area contributed by atoms with Gasteiger partial charge in [0.1, 0.15) is 0 Å². The molecule has 0 aliphatic carbocycles. The molecule has 20 heavy (non-hydrogen) atoms. The molecule has 5 heteroatoms. The van der Waals surface area contributed by atoms with Gasteiger partial charge in [0, 0.05) is 18.0 Å². The molecule has 0 aliphatic rings. The van der Waals surface area contributed by atoms with Gasteiger partial charge >= 0.3 is 0 Å². The minimum Gasteiger partial charge on any atom is -0.337 e. The lowest BCUT2D eigenvalue weighted by Gasteiger charge is -2.05. The summed E-state index contributed by atoms with van der Waals surface area (Å²) in [5.41, 5.74) is 8.12. The van der Waals surface area contributed by atoms with Gasteiger partial charge in [0.2, 0.25) is 11.7 Å². The van der Waals surface area contributed by atoms with Crippen LogP contribution in [0.25, 0.3) is 11.4 Å². The van der Waals surface area contributed by atoms with Crippen molar-refractivity contribution < 1.29 is 4.52 Å². The number of nitrogens with two attached hydrogens (primary N) is 1. The van der Waals surface area contributed by atoms with E-state index in [0.29, 0.717) is 18.1 Å². The minimum absolute atomic E-state index is 0.305. The lowest BCUT2D eigenvalue weighted by Crippen LogP contribution is -2.13. The van der Waals surface area contributed by atoms with Crippen molar-refractivity contribution in [2.75, 3.05) is 0 Å². The van der Waals surface area contributed by atoms with Crippen LogP contribution in [0, 0.1) is 0 Å². The van der Waals surface area contributed by atoms with Crippen LogP contribution in [0.4, 0.5) is 0 Å². The van der Waals surface area contributed by atoms with E-state index in [1.807, 2.05) is 42.5 Å². The first-order chi connectivity index (χ1) is 9.83. The maximum absolute atomic E-state index is 6.11. The summed E-state index contributed by atoms with van der Waals surface area (Å²) < 4.78 is 5.25. The molecule has 2 aromatic heterocycles. The van der Waals surface area contributed by atoms with Crippen LogP contribution in [0.1, 0.15) is 17.5 Å². The first-order valence-electron chi connectivity index (χ1n) is 6.36. The second-order valence-electron chi connectivity index (χ2n) is 4.49. The van der Waals surface area contributed by atoms with Gasteiger partial charge in [-0.25, -0.2) is 0 Å². The van der Waals surface area contributed by atoms with Crippen molar-refractivity contribution in [2.24, 2.45) is 5.73 Å². The summed E-state index contributed by atoms with van der Waals surface area (Å²) in [6.07, 6.45) is 4.04. The van der Waals surface area contributed by atoms with Crippen LogP contribution in [0.2, 0.25) is 0 Å². The van der Waals surface area contributed by atoms with Crippen molar-refractivity contribution in [1.82, 2.24) is 15.1 Å². The van der Waals surface area contributed by atoms with Crippen LogP contribution in [0.3, 0.4) is 0 Å². The molecule has 0 amide bonds. The molecule has 0 saturated heterocycles. The fourth-order valence-corrected chi connectivity index (χ4v) is 1.96. The fraction of sp³-hybridized carbons (Fsp3) is 0.133. The molecule has 0 unspecified atom stereocenters. The van der Waals surface area contributed by atoms with E-state index in [9.17, 15) is 0 Å². The molecule has 1 aromatic carbocycles. The highest BCUT2D eigenvalue weighted by Crippen LogP contribution is 2.19. The van der Waals surface area contributed by atoms with Crippen molar-refractivity contribution in [3.63, 3.8) is 0 Å². The van der Waals surface area contributed by atoms with Crippen molar-refractivity contribution >= 4 is 0 Å². The van der Waals surface area contributed by atoms with E-state index >= 15 is 0 Å². The Morgan fingerprint density at radius 2 is 1.80 bits per heavy atom. The van der Waals surface area contributed by atoms with Gasteiger partial charge in [-0.15, -0.1) is 0 Å². The van der Waals surface area contributed by atoms with E-state index in [1.165, 1.54) is 0 Å². The molecule has 1 atom stereocenters. The number of nitrogens with zero attached hydrogens (tertiary/aromatic N) is 3. The molecule has 0 fully saturated rings. The Bertz CT molecular complexity index is 667. The van der Waals surface area contributed by atoms with Gasteiger partial charge in [-0.05, 0) is 24.1 Å². The zero-order chi connectivity index (χ0) is 13.8. The standard InChI is InChI=1S/C15H14N4O/c16-13(10-11-4-2-1-3-5-11)15-18-14(19-20-15)12-6-8-17-9-7-12/h1-9,13H,10,16H2/t13-/m1/s1. The van der Waals surface area contributed by atoms with Crippen LogP contribution < -0.4 is 5.73 Å². The zero-order valence-electron chi connectivity index (χ0n) is 10.8. The highest BCUT2D eigenvalue weighted by atomic mass is 16.5. The summed E-state index contributed by atoms with van der Waals surface area (Å²) in [5, 5.41) is 3.96. The minimum atomic E-state index is -0.305. The van der Waals surface area contributed by atoms with Gasteiger partial charge in [-0.3, -0.25) is 4.98 Å². The van der Waals surface area contributed by atoms with Crippen molar-refractivity contribution in [3.8, 4) is 11.4 Å². The van der Waals surface area contributed by atoms with Gasteiger partial charge in [-0.2, -0.15) is 4.98 Å². The summed E-state index contributed by atoms with van der Waals surface area (Å²) in [6.45, 7) is 0. The van der Waals surface area contributed by atoms with E-state index in [2.05, 4.69) is 15.1 Å². The molecule has 0 spiro atoms. The topological polar surface area (TPSA) is 77.8 Å². The molecular formula is C15H14N4O. The quantitative estimate of drug-likeness (QED) is 0.784. The number of pyridine rings is 1. The van der Waals surface area contributed by atoms with E-state index in [1.54, 1.807) is 12.4 Å². The SMILES string of the molecule is N[C@H](Cc1ccccc1)c1nc(-c2ccncc2)no1. The molecule has 3 aromatic rings. The molecule has 2 heterocycles. The largest absolute Gasteiger partial charge is 0.337 e. The predicted octanol–water partition coefficient (Wildman–Crippen LogP) is 2.37. The molecule has 0 aliphatic heterocycles. The Morgan fingerprint density at radius 1 is 1.05 bits per heavy atom. The second-order valence-corrected chi connectivity index (χ2v) is 4.49. The number of hydrogen-bond donors (Lipinski definition) is 1. The molecule has 100 valence electrons. The highest BCUT2D eigenvalue weighted by Gasteiger charge is 2.16. The van der Waals surface area contributed by atoms with Crippen LogP contribution in [-0.2, 0) is 6.42 Å². The van der Waals surface area contributed by atoms with Gasteiger partial charge in [0.25, 0.3) is 0 Å². The Morgan fingerprint density at radius 3 is 2.55 bits per heavy atom. The summed E-state index contributed by atoms with van der Waals surface area (Å²) >= 11 is 0. The first-order valence-corrected chi connectivity index (χ1v) is 6.36. The number of hydrogen-bond acceptors (Lipinski definition) is 5. The smallest absolute Gasteiger partial charge is 0.244 e. The molecular weight excluding hydrogens is 252 g/mol. The third kappa shape index (κ3) is 2.73. The molecule has 0 bridgehead atoms. The monoisotopic (exact) mass is 266 g/mol. The van der Waals surface area contributed by atoms with Crippen molar-refractivity contribution in [2.45, 2.75) is 12.5 Å². The van der Waals surface area contributed by atoms with E-state index in [0.717, 1.165) is 11.1 Å². The van der Waals surface area contributed by atoms with Gasteiger partial charge < -0.3 is 10.3 Å². The van der Waals surface area contributed by atoms with Gasteiger partial charge in [0.05, 0.1) is 6.04 Å². The summed E-state index contributed by atoms with van der Waals surface area (Å²) in [4.78, 5) is 8.30. The molecule has 0 radical (unpaired) electrons. The van der Waals surface area contributed by atoms with E-state index in [-0.39, 0.29) is 6.04 Å².